The largest absolute Gasteiger partial charge is 0.396 e. The molecular weight excluding hydrogens is 192 g/mol. The van der Waals surface area contributed by atoms with Crippen molar-refractivity contribution in [1.29, 1.82) is 0 Å². The maximum Gasteiger partial charge on any atom is 0.0701 e. The summed E-state index contributed by atoms with van der Waals surface area (Å²) in [7, 11) is 2.06. The third kappa shape index (κ3) is 5.47. The van der Waals surface area contributed by atoms with Gasteiger partial charge < -0.3 is 20.5 Å². The lowest BCUT2D eigenvalue weighted by molar-refractivity contribution is -0.00234. The SMILES string of the molecule is CN(CC(N)CCO)CC1CCCCO1. The lowest BCUT2D eigenvalue weighted by Gasteiger charge is -2.28. The highest BCUT2D eigenvalue weighted by Crippen LogP contribution is 2.13. The van der Waals surface area contributed by atoms with E-state index in [4.69, 9.17) is 15.6 Å². The molecular formula is C11H24N2O2. The van der Waals surface area contributed by atoms with Crippen molar-refractivity contribution in [3.63, 3.8) is 0 Å². The van der Waals surface area contributed by atoms with E-state index >= 15 is 0 Å². The first-order chi connectivity index (χ1) is 7.22. The van der Waals surface area contributed by atoms with E-state index in [9.17, 15) is 0 Å². The van der Waals surface area contributed by atoms with Gasteiger partial charge >= 0.3 is 0 Å². The number of rotatable bonds is 6. The van der Waals surface area contributed by atoms with Crippen LogP contribution < -0.4 is 5.73 Å². The molecule has 1 saturated heterocycles. The number of likely N-dealkylation sites (N-methyl/N-ethyl adjacent to an activating group) is 1. The van der Waals surface area contributed by atoms with Crippen molar-refractivity contribution in [2.45, 2.75) is 37.8 Å². The van der Waals surface area contributed by atoms with Gasteiger partial charge in [0.05, 0.1) is 6.10 Å². The van der Waals surface area contributed by atoms with Crippen LogP contribution in [0, 0.1) is 0 Å². The summed E-state index contributed by atoms with van der Waals surface area (Å²) in [5.74, 6) is 0. The summed E-state index contributed by atoms with van der Waals surface area (Å²) in [5, 5.41) is 8.75. The molecule has 0 radical (unpaired) electrons. The smallest absolute Gasteiger partial charge is 0.0701 e. The van der Waals surface area contributed by atoms with E-state index in [1.165, 1.54) is 19.3 Å². The molecule has 4 nitrogen and oxygen atoms in total. The molecule has 1 heterocycles. The third-order valence-corrected chi connectivity index (χ3v) is 2.84. The van der Waals surface area contributed by atoms with Crippen LogP contribution in [0.4, 0.5) is 0 Å². The van der Waals surface area contributed by atoms with Crippen LogP contribution in [0.3, 0.4) is 0 Å². The lowest BCUT2D eigenvalue weighted by Crippen LogP contribution is -2.40. The molecule has 0 aromatic carbocycles. The normalized spacial score (nSPS) is 24.4. The van der Waals surface area contributed by atoms with Crippen LogP contribution in [0.5, 0.6) is 0 Å². The van der Waals surface area contributed by atoms with E-state index in [1.807, 2.05) is 0 Å². The summed E-state index contributed by atoms with van der Waals surface area (Å²) in [6, 6.07) is 0.0728. The molecule has 0 aromatic rings. The number of hydrogen-bond donors (Lipinski definition) is 2. The minimum absolute atomic E-state index is 0.0728. The number of aliphatic hydroxyl groups excluding tert-OH is 1. The van der Waals surface area contributed by atoms with Crippen molar-refractivity contribution < 1.29 is 9.84 Å². The van der Waals surface area contributed by atoms with Gasteiger partial charge in [0.2, 0.25) is 0 Å². The van der Waals surface area contributed by atoms with Crippen molar-refractivity contribution in [3.8, 4) is 0 Å². The molecule has 3 N–H and O–H groups in total. The maximum atomic E-state index is 8.75. The first kappa shape index (κ1) is 12.9. The van der Waals surface area contributed by atoms with Gasteiger partial charge in [-0.25, -0.2) is 0 Å². The van der Waals surface area contributed by atoms with Gasteiger partial charge in [-0.1, -0.05) is 0 Å². The van der Waals surface area contributed by atoms with Crippen LogP contribution in [0.1, 0.15) is 25.7 Å². The summed E-state index contributed by atoms with van der Waals surface area (Å²) in [6.07, 6.45) is 4.70. The summed E-state index contributed by atoms with van der Waals surface area (Å²) < 4.78 is 5.66. The van der Waals surface area contributed by atoms with Crippen molar-refractivity contribution in [1.82, 2.24) is 4.90 Å². The number of aliphatic hydroxyl groups is 1. The second kappa shape index (κ2) is 7.17. The molecule has 1 rings (SSSR count). The highest BCUT2D eigenvalue weighted by atomic mass is 16.5. The molecule has 2 atom stereocenters. The topological polar surface area (TPSA) is 58.7 Å². The Kier molecular flexibility index (Phi) is 6.17. The van der Waals surface area contributed by atoms with Gasteiger partial charge in [-0.05, 0) is 32.7 Å². The third-order valence-electron chi connectivity index (χ3n) is 2.84. The van der Waals surface area contributed by atoms with Crippen LogP contribution in [-0.4, -0.2) is 55.5 Å². The number of ether oxygens (including phenoxy) is 1. The van der Waals surface area contributed by atoms with Crippen LogP contribution in [0.25, 0.3) is 0 Å². The van der Waals surface area contributed by atoms with Crippen LogP contribution in [-0.2, 0) is 4.74 Å². The van der Waals surface area contributed by atoms with Gasteiger partial charge in [0, 0.05) is 32.3 Å². The molecule has 0 amide bonds. The average Bonchev–Trinajstić information content (AvgIpc) is 2.19. The molecule has 0 aliphatic carbocycles. The molecule has 0 aromatic heterocycles. The monoisotopic (exact) mass is 216 g/mol. The minimum Gasteiger partial charge on any atom is -0.396 e. The van der Waals surface area contributed by atoms with E-state index in [-0.39, 0.29) is 12.6 Å². The molecule has 1 aliphatic rings. The molecule has 0 saturated carbocycles. The Morgan fingerprint density at radius 2 is 2.33 bits per heavy atom. The Hall–Kier alpha value is -0.160. The summed E-state index contributed by atoms with van der Waals surface area (Å²) in [6.45, 7) is 2.87. The highest BCUT2D eigenvalue weighted by Gasteiger charge is 2.16. The van der Waals surface area contributed by atoms with Crippen LogP contribution in [0.15, 0.2) is 0 Å². The number of nitrogens with zero attached hydrogens (tertiary/aromatic N) is 1. The standard InChI is InChI=1S/C11H24N2O2/c1-13(8-10(12)5-6-14)9-11-4-2-3-7-15-11/h10-11,14H,2-9,12H2,1H3. The average molecular weight is 216 g/mol. The predicted octanol–water partition coefficient (Wildman–Crippen LogP) is 0.197. The zero-order valence-electron chi connectivity index (χ0n) is 9.69. The van der Waals surface area contributed by atoms with E-state index in [1.54, 1.807) is 0 Å². The van der Waals surface area contributed by atoms with Crippen molar-refractivity contribution >= 4 is 0 Å². The van der Waals surface area contributed by atoms with Gasteiger partial charge in [-0.15, -0.1) is 0 Å². The van der Waals surface area contributed by atoms with Crippen molar-refractivity contribution in [2.75, 3.05) is 33.4 Å². The first-order valence-electron chi connectivity index (χ1n) is 5.89. The van der Waals surface area contributed by atoms with E-state index in [2.05, 4.69) is 11.9 Å². The van der Waals surface area contributed by atoms with E-state index in [0.29, 0.717) is 12.5 Å². The van der Waals surface area contributed by atoms with Crippen molar-refractivity contribution in [3.05, 3.63) is 0 Å². The number of hydrogen-bond acceptors (Lipinski definition) is 4. The van der Waals surface area contributed by atoms with E-state index < -0.39 is 0 Å². The Morgan fingerprint density at radius 1 is 1.53 bits per heavy atom. The zero-order chi connectivity index (χ0) is 11.1. The van der Waals surface area contributed by atoms with Crippen molar-refractivity contribution in [2.24, 2.45) is 5.73 Å². The Balaban J connectivity index is 2.13. The Morgan fingerprint density at radius 3 is 2.93 bits per heavy atom. The summed E-state index contributed by atoms with van der Waals surface area (Å²) in [4.78, 5) is 2.20. The lowest BCUT2D eigenvalue weighted by atomic mass is 10.1. The molecule has 1 fully saturated rings. The van der Waals surface area contributed by atoms with Gasteiger partial charge in [0.15, 0.2) is 0 Å². The fourth-order valence-corrected chi connectivity index (χ4v) is 2.03. The van der Waals surface area contributed by atoms with Crippen LogP contribution in [0.2, 0.25) is 0 Å². The summed E-state index contributed by atoms with van der Waals surface area (Å²) in [5.41, 5.74) is 5.85. The number of nitrogens with two attached hydrogens (primary N) is 1. The van der Waals surface area contributed by atoms with Gasteiger partial charge in [-0.3, -0.25) is 0 Å². The fraction of sp³-hybridized carbons (Fsp3) is 1.00. The molecule has 1 aliphatic heterocycles. The molecule has 2 unspecified atom stereocenters. The van der Waals surface area contributed by atoms with Gasteiger partial charge in [0.25, 0.3) is 0 Å². The molecule has 0 spiro atoms. The zero-order valence-corrected chi connectivity index (χ0v) is 9.69. The molecule has 90 valence electrons. The quantitative estimate of drug-likeness (QED) is 0.666. The molecule has 15 heavy (non-hydrogen) atoms. The Labute approximate surface area is 92.4 Å². The molecule has 0 bridgehead atoms. The second-order valence-corrected chi connectivity index (χ2v) is 4.48. The van der Waals surface area contributed by atoms with Crippen LogP contribution >= 0.6 is 0 Å². The second-order valence-electron chi connectivity index (χ2n) is 4.48. The maximum absolute atomic E-state index is 8.75. The van der Waals surface area contributed by atoms with Gasteiger partial charge in [0.1, 0.15) is 0 Å². The van der Waals surface area contributed by atoms with Gasteiger partial charge in [-0.2, -0.15) is 0 Å². The first-order valence-corrected chi connectivity index (χ1v) is 5.89. The molecule has 4 heteroatoms. The van der Waals surface area contributed by atoms with E-state index in [0.717, 1.165) is 19.7 Å². The summed E-state index contributed by atoms with van der Waals surface area (Å²) >= 11 is 0. The minimum atomic E-state index is 0.0728. The Bertz CT molecular complexity index is 161. The predicted molar refractivity (Wildman–Crippen MR) is 60.8 cm³/mol. The highest BCUT2D eigenvalue weighted by molar-refractivity contribution is 4.71. The fourth-order valence-electron chi connectivity index (χ4n) is 2.03.